The number of anilines is 1. The summed E-state index contributed by atoms with van der Waals surface area (Å²) in [6, 6.07) is 14.2. The van der Waals surface area contributed by atoms with Gasteiger partial charge in [-0.15, -0.1) is 11.8 Å². The van der Waals surface area contributed by atoms with Crippen LogP contribution in [0.5, 0.6) is 0 Å². The summed E-state index contributed by atoms with van der Waals surface area (Å²) in [6.45, 7) is 2.10. The van der Waals surface area contributed by atoms with Crippen LogP contribution >= 0.6 is 11.8 Å². The molecule has 0 fully saturated rings. The number of rotatable bonds is 6. The Hall–Kier alpha value is -2.27. The molecule has 0 aliphatic rings. The monoisotopic (exact) mass is 314 g/mol. The van der Waals surface area contributed by atoms with Crippen molar-refractivity contribution >= 4 is 29.3 Å². The Labute approximate surface area is 134 Å². The second-order valence-electron chi connectivity index (χ2n) is 4.71. The van der Waals surface area contributed by atoms with Crippen LogP contribution in [0.15, 0.2) is 53.4 Å². The van der Waals surface area contributed by atoms with E-state index in [9.17, 15) is 9.59 Å². The van der Waals surface area contributed by atoms with Crippen LogP contribution in [-0.2, 0) is 0 Å². The smallest absolute Gasteiger partial charge is 0.256 e. The fourth-order valence-corrected chi connectivity index (χ4v) is 2.90. The number of nitrogens with two attached hydrogens (primary N) is 1. The van der Waals surface area contributed by atoms with E-state index in [0.717, 1.165) is 17.1 Å². The van der Waals surface area contributed by atoms with E-state index in [0.29, 0.717) is 16.8 Å². The summed E-state index contributed by atoms with van der Waals surface area (Å²) in [5.41, 5.74) is 6.65. The van der Waals surface area contributed by atoms with E-state index < -0.39 is 5.91 Å². The van der Waals surface area contributed by atoms with Crippen LogP contribution in [0.3, 0.4) is 0 Å². The van der Waals surface area contributed by atoms with Gasteiger partial charge in [-0.1, -0.05) is 31.2 Å². The molecular formula is C17H18N2O2S. The minimum atomic E-state index is -0.565. The Bertz CT molecular complexity index is 686. The second-order valence-corrected chi connectivity index (χ2v) is 5.85. The van der Waals surface area contributed by atoms with Gasteiger partial charge in [-0.05, 0) is 36.4 Å². The predicted molar refractivity (Wildman–Crippen MR) is 90.4 cm³/mol. The number of carbonyl (C=O) groups excluding carboxylic acids is 2. The van der Waals surface area contributed by atoms with Gasteiger partial charge in [-0.25, -0.2) is 0 Å². The number of hydrogen-bond acceptors (Lipinski definition) is 3. The van der Waals surface area contributed by atoms with E-state index in [4.69, 9.17) is 5.73 Å². The first kappa shape index (κ1) is 16.1. The lowest BCUT2D eigenvalue weighted by Gasteiger charge is -2.11. The van der Waals surface area contributed by atoms with Gasteiger partial charge < -0.3 is 11.1 Å². The van der Waals surface area contributed by atoms with E-state index in [2.05, 4.69) is 12.2 Å². The van der Waals surface area contributed by atoms with Crippen LogP contribution in [0.1, 0.15) is 34.1 Å². The molecular weight excluding hydrogens is 296 g/mol. The largest absolute Gasteiger partial charge is 0.366 e. The fourth-order valence-electron chi connectivity index (χ4n) is 1.99. The number of hydrogen-bond donors (Lipinski definition) is 2. The molecule has 4 nitrogen and oxygen atoms in total. The van der Waals surface area contributed by atoms with Gasteiger partial charge >= 0.3 is 0 Å². The molecule has 2 aromatic rings. The molecule has 0 saturated heterocycles. The first-order valence-corrected chi connectivity index (χ1v) is 8.04. The highest BCUT2D eigenvalue weighted by atomic mass is 32.2. The molecule has 0 spiro atoms. The average Bonchev–Trinajstić information content (AvgIpc) is 2.53. The first-order chi connectivity index (χ1) is 10.6. The van der Waals surface area contributed by atoms with Gasteiger partial charge in [0.1, 0.15) is 0 Å². The van der Waals surface area contributed by atoms with Crippen molar-refractivity contribution in [2.24, 2.45) is 5.73 Å². The average molecular weight is 314 g/mol. The summed E-state index contributed by atoms with van der Waals surface area (Å²) < 4.78 is 0. The van der Waals surface area contributed by atoms with Crippen molar-refractivity contribution in [1.82, 2.24) is 0 Å². The Morgan fingerprint density at radius 1 is 1.05 bits per heavy atom. The Morgan fingerprint density at radius 2 is 1.68 bits per heavy atom. The highest BCUT2D eigenvalue weighted by Crippen LogP contribution is 2.24. The first-order valence-electron chi connectivity index (χ1n) is 7.05. The topological polar surface area (TPSA) is 72.2 Å². The summed E-state index contributed by atoms with van der Waals surface area (Å²) in [5, 5.41) is 2.77. The molecule has 114 valence electrons. The van der Waals surface area contributed by atoms with Gasteiger partial charge in [0, 0.05) is 4.90 Å². The van der Waals surface area contributed by atoms with Gasteiger partial charge in [-0.2, -0.15) is 0 Å². The predicted octanol–water partition coefficient (Wildman–Crippen LogP) is 3.54. The van der Waals surface area contributed by atoms with Gasteiger partial charge in [0.25, 0.3) is 11.8 Å². The van der Waals surface area contributed by atoms with Crippen molar-refractivity contribution in [1.29, 1.82) is 0 Å². The lowest BCUT2D eigenvalue weighted by molar-refractivity contribution is 0.100. The summed E-state index contributed by atoms with van der Waals surface area (Å²) in [5.74, 6) is 0.139. The van der Waals surface area contributed by atoms with Crippen molar-refractivity contribution in [3.63, 3.8) is 0 Å². The Kier molecular flexibility index (Phi) is 5.61. The van der Waals surface area contributed by atoms with E-state index in [1.807, 2.05) is 18.2 Å². The molecule has 0 unspecified atom stereocenters. The Balaban J connectivity index is 2.25. The molecule has 0 atom stereocenters. The number of amides is 2. The van der Waals surface area contributed by atoms with E-state index >= 15 is 0 Å². The molecule has 3 N–H and O–H groups in total. The fraction of sp³-hybridized carbons (Fsp3) is 0.176. The summed E-state index contributed by atoms with van der Waals surface area (Å²) in [7, 11) is 0. The van der Waals surface area contributed by atoms with Gasteiger partial charge in [0.05, 0.1) is 16.8 Å². The zero-order valence-corrected chi connectivity index (χ0v) is 13.2. The molecule has 5 heteroatoms. The molecule has 0 saturated carbocycles. The summed E-state index contributed by atoms with van der Waals surface area (Å²) in [6.07, 6.45) is 1.03. The molecule has 0 aliphatic heterocycles. The maximum atomic E-state index is 12.5. The molecule has 2 amide bonds. The molecule has 22 heavy (non-hydrogen) atoms. The Morgan fingerprint density at radius 3 is 2.36 bits per heavy atom. The third kappa shape index (κ3) is 3.89. The maximum absolute atomic E-state index is 12.5. The van der Waals surface area contributed by atoms with Crippen LogP contribution in [0.4, 0.5) is 5.69 Å². The van der Waals surface area contributed by atoms with Crippen molar-refractivity contribution in [2.45, 2.75) is 18.2 Å². The highest BCUT2D eigenvalue weighted by Gasteiger charge is 2.14. The molecule has 0 heterocycles. The summed E-state index contributed by atoms with van der Waals surface area (Å²) >= 11 is 1.64. The van der Waals surface area contributed by atoms with Crippen LogP contribution in [0, 0.1) is 0 Å². The van der Waals surface area contributed by atoms with Crippen LogP contribution in [0.2, 0.25) is 0 Å². The zero-order chi connectivity index (χ0) is 15.9. The lowest BCUT2D eigenvalue weighted by atomic mass is 10.1. The summed E-state index contributed by atoms with van der Waals surface area (Å²) in [4.78, 5) is 24.8. The van der Waals surface area contributed by atoms with Crippen molar-refractivity contribution in [2.75, 3.05) is 11.1 Å². The van der Waals surface area contributed by atoms with Gasteiger partial charge in [0.2, 0.25) is 0 Å². The number of para-hydroxylation sites is 1. The maximum Gasteiger partial charge on any atom is 0.256 e. The highest BCUT2D eigenvalue weighted by molar-refractivity contribution is 7.99. The number of benzene rings is 2. The number of primary amides is 1. The SMILES string of the molecule is CCCSc1ccccc1C(=O)Nc1ccccc1C(N)=O. The van der Waals surface area contributed by atoms with E-state index in [1.54, 1.807) is 42.1 Å². The molecule has 0 radical (unpaired) electrons. The third-order valence-electron chi connectivity index (χ3n) is 3.03. The van der Waals surface area contributed by atoms with Gasteiger partial charge in [0.15, 0.2) is 0 Å². The molecule has 0 aliphatic carbocycles. The van der Waals surface area contributed by atoms with Gasteiger partial charge in [-0.3, -0.25) is 9.59 Å². The van der Waals surface area contributed by atoms with Crippen LogP contribution in [0.25, 0.3) is 0 Å². The van der Waals surface area contributed by atoms with Crippen molar-refractivity contribution < 1.29 is 9.59 Å². The molecule has 2 rings (SSSR count). The molecule has 2 aromatic carbocycles. The standard InChI is InChI=1S/C17H18N2O2S/c1-2-11-22-15-10-6-4-8-13(15)17(21)19-14-9-5-3-7-12(14)16(18)20/h3-10H,2,11H2,1H3,(H2,18,20)(H,19,21). The number of thioether (sulfide) groups is 1. The zero-order valence-electron chi connectivity index (χ0n) is 12.3. The van der Waals surface area contributed by atoms with E-state index in [1.165, 1.54) is 0 Å². The number of nitrogens with one attached hydrogen (secondary N) is 1. The van der Waals surface area contributed by atoms with Crippen LogP contribution < -0.4 is 11.1 Å². The normalized spacial score (nSPS) is 10.2. The molecule has 0 aromatic heterocycles. The minimum Gasteiger partial charge on any atom is -0.366 e. The minimum absolute atomic E-state index is 0.243. The van der Waals surface area contributed by atoms with Crippen molar-refractivity contribution in [3.05, 3.63) is 59.7 Å². The second kappa shape index (κ2) is 7.66. The third-order valence-corrected chi connectivity index (χ3v) is 4.31. The molecule has 0 bridgehead atoms. The van der Waals surface area contributed by atoms with Crippen molar-refractivity contribution in [3.8, 4) is 0 Å². The quantitative estimate of drug-likeness (QED) is 0.801. The van der Waals surface area contributed by atoms with E-state index in [-0.39, 0.29) is 5.91 Å². The lowest BCUT2D eigenvalue weighted by Crippen LogP contribution is -2.18. The number of carbonyl (C=O) groups is 2. The van der Waals surface area contributed by atoms with Crippen LogP contribution in [-0.4, -0.2) is 17.6 Å².